The van der Waals surface area contributed by atoms with Crippen LogP contribution in [0.3, 0.4) is 0 Å². The van der Waals surface area contributed by atoms with Crippen LogP contribution in [-0.2, 0) is 4.79 Å². The molecular formula is C10H12NO2. The number of benzene rings is 1. The Balaban J connectivity index is 2.66. The molecule has 13 heavy (non-hydrogen) atoms. The average Bonchev–Trinajstić information content (AvgIpc) is 2.04. The highest BCUT2D eigenvalue weighted by atomic mass is 16.3. The molecule has 1 amide bonds. The summed E-state index contributed by atoms with van der Waals surface area (Å²) >= 11 is 0. The average molecular weight is 178 g/mol. The van der Waals surface area contributed by atoms with Crippen LogP contribution in [0.5, 0.6) is 0 Å². The normalized spacial score (nSPS) is 11.0. The van der Waals surface area contributed by atoms with Crippen molar-refractivity contribution >= 4 is 11.6 Å². The van der Waals surface area contributed by atoms with Crippen molar-refractivity contribution in [1.82, 2.24) is 0 Å². The Labute approximate surface area is 77.4 Å². The summed E-state index contributed by atoms with van der Waals surface area (Å²) in [6.07, 6.45) is 0. The first-order valence-electron chi connectivity index (χ1n) is 4.00. The van der Waals surface area contributed by atoms with E-state index in [2.05, 4.69) is 11.4 Å². The fraction of sp³-hybridized carbons (Fsp3) is 0.300. The fourth-order valence-electron chi connectivity index (χ4n) is 0.755. The lowest BCUT2D eigenvalue weighted by atomic mass is 10.1. The van der Waals surface area contributed by atoms with E-state index >= 15 is 0 Å². The standard InChI is InChI=1S/C10H12NO2/c1-10(2,13)9(12)11-8-6-4-3-5-7-8/h3-4,6-7,13H,1-2H3,(H,11,12). The summed E-state index contributed by atoms with van der Waals surface area (Å²) in [6, 6.07) is 9.70. The van der Waals surface area contributed by atoms with Crippen molar-refractivity contribution in [3.63, 3.8) is 0 Å². The van der Waals surface area contributed by atoms with Gasteiger partial charge in [0.05, 0.1) is 0 Å². The van der Waals surface area contributed by atoms with Crippen LogP contribution in [0.15, 0.2) is 24.3 Å². The van der Waals surface area contributed by atoms with E-state index in [-0.39, 0.29) is 0 Å². The molecule has 1 radical (unpaired) electrons. The zero-order valence-corrected chi connectivity index (χ0v) is 7.66. The Morgan fingerprint density at radius 1 is 1.62 bits per heavy atom. The van der Waals surface area contributed by atoms with Gasteiger partial charge in [-0.3, -0.25) is 4.79 Å². The molecule has 69 valence electrons. The van der Waals surface area contributed by atoms with Gasteiger partial charge in [-0.2, -0.15) is 0 Å². The van der Waals surface area contributed by atoms with Crippen LogP contribution in [0.25, 0.3) is 0 Å². The number of nitrogens with one attached hydrogen (secondary N) is 1. The van der Waals surface area contributed by atoms with Gasteiger partial charge in [0, 0.05) is 5.69 Å². The Morgan fingerprint density at radius 2 is 2.31 bits per heavy atom. The lowest BCUT2D eigenvalue weighted by Crippen LogP contribution is -2.36. The molecule has 3 heteroatoms. The van der Waals surface area contributed by atoms with Gasteiger partial charge in [-0.05, 0) is 32.0 Å². The summed E-state index contributed by atoms with van der Waals surface area (Å²) in [7, 11) is 0. The van der Waals surface area contributed by atoms with Gasteiger partial charge >= 0.3 is 0 Å². The van der Waals surface area contributed by atoms with E-state index in [9.17, 15) is 9.90 Å². The minimum Gasteiger partial charge on any atom is -0.381 e. The minimum absolute atomic E-state index is 0.424. The largest absolute Gasteiger partial charge is 0.381 e. The van der Waals surface area contributed by atoms with Crippen LogP contribution in [-0.4, -0.2) is 16.6 Å². The highest BCUT2D eigenvalue weighted by Gasteiger charge is 2.23. The third kappa shape index (κ3) is 2.87. The molecule has 0 spiro atoms. The lowest BCUT2D eigenvalue weighted by Gasteiger charge is -2.16. The van der Waals surface area contributed by atoms with Crippen LogP contribution in [0, 0.1) is 6.07 Å². The summed E-state index contributed by atoms with van der Waals surface area (Å²) in [4.78, 5) is 11.3. The van der Waals surface area contributed by atoms with Gasteiger partial charge in [-0.15, -0.1) is 0 Å². The first kappa shape index (κ1) is 9.74. The Morgan fingerprint density at radius 3 is 2.77 bits per heavy atom. The Bertz CT molecular complexity index is 288. The van der Waals surface area contributed by atoms with E-state index in [1.807, 2.05) is 0 Å². The van der Waals surface area contributed by atoms with Crippen molar-refractivity contribution in [2.24, 2.45) is 0 Å². The summed E-state index contributed by atoms with van der Waals surface area (Å²) in [6.45, 7) is 2.88. The fourth-order valence-corrected chi connectivity index (χ4v) is 0.755. The number of aliphatic hydroxyl groups is 1. The quantitative estimate of drug-likeness (QED) is 0.714. The van der Waals surface area contributed by atoms with E-state index in [4.69, 9.17) is 0 Å². The van der Waals surface area contributed by atoms with Crippen molar-refractivity contribution in [2.45, 2.75) is 19.4 Å². The number of anilines is 1. The molecular weight excluding hydrogens is 166 g/mol. The Kier molecular flexibility index (Phi) is 2.68. The molecule has 3 nitrogen and oxygen atoms in total. The smallest absolute Gasteiger partial charge is 0.255 e. The number of hydrogen-bond acceptors (Lipinski definition) is 2. The van der Waals surface area contributed by atoms with Crippen molar-refractivity contribution in [1.29, 1.82) is 0 Å². The molecule has 0 aromatic heterocycles. The molecule has 0 heterocycles. The highest BCUT2D eigenvalue weighted by Crippen LogP contribution is 2.09. The van der Waals surface area contributed by atoms with Crippen LogP contribution in [0.4, 0.5) is 5.69 Å². The molecule has 0 aliphatic carbocycles. The van der Waals surface area contributed by atoms with E-state index in [0.29, 0.717) is 5.69 Å². The van der Waals surface area contributed by atoms with E-state index < -0.39 is 11.5 Å². The van der Waals surface area contributed by atoms with Gasteiger partial charge in [0.15, 0.2) is 0 Å². The molecule has 0 saturated carbocycles. The van der Waals surface area contributed by atoms with Crippen LogP contribution in [0.2, 0.25) is 0 Å². The summed E-state index contributed by atoms with van der Waals surface area (Å²) in [5.41, 5.74) is -0.717. The molecule has 0 unspecified atom stereocenters. The second kappa shape index (κ2) is 3.58. The van der Waals surface area contributed by atoms with E-state index in [1.54, 1.807) is 24.3 Å². The van der Waals surface area contributed by atoms with Gasteiger partial charge in [0.25, 0.3) is 5.91 Å². The van der Waals surface area contributed by atoms with E-state index in [0.717, 1.165) is 0 Å². The van der Waals surface area contributed by atoms with Gasteiger partial charge in [-0.1, -0.05) is 12.1 Å². The van der Waals surface area contributed by atoms with Crippen molar-refractivity contribution in [2.75, 3.05) is 5.32 Å². The topological polar surface area (TPSA) is 49.3 Å². The third-order valence-corrected chi connectivity index (χ3v) is 1.52. The van der Waals surface area contributed by atoms with Crippen LogP contribution in [0.1, 0.15) is 13.8 Å². The third-order valence-electron chi connectivity index (χ3n) is 1.52. The molecule has 1 aromatic rings. The molecule has 0 fully saturated rings. The molecule has 1 aromatic carbocycles. The molecule has 0 bridgehead atoms. The number of carbonyl (C=O) groups excluding carboxylic acids is 1. The maximum Gasteiger partial charge on any atom is 0.255 e. The molecule has 0 aliphatic rings. The molecule has 0 aliphatic heterocycles. The first-order valence-corrected chi connectivity index (χ1v) is 4.00. The number of hydrogen-bond donors (Lipinski definition) is 2. The lowest BCUT2D eigenvalue weighted by molar-refractivity contribution is -0.130. The van der Waals surface area contributed by atoms with Crippen molar-refractivity contribution in [3.05, 3.63) is 30.3 Å². The van der Waals surface area contributed by atoms with Gasteiger partial charge in [-0.25, -0.2) is 0 Å². The van der Waals surface area contributed by atoms with Gasteiger partial charge < -0.3 is 10.4 Å². The Hall–Kier alpha value is -1.35. The van der Waals surface area contributed by atoms with E-state index in [1.165, 1.54) is 13.8 Å². The van der Waals surface area contributed by atoms with Crippen molar-refractivity contribution in [3.8, 4) is 0 Å². The highest BCUT2D eigenvalue weighted by molar-refractivity contribution is 5.96. The minimum atomic E-state index is -1.35. The van der Waals surface area contributed by atoms with Crippen LogP contribution >= 0.6 is 0 Å². The van der Waals surface area contributed by atoms with Crippen LogP contribution < -0.4 is 5.32 Å². The second-order valence-corrected chi connectivity index (χ2v) is 3.31. The monoisotopic (exact) mass is 178 g/mol. The summed E-state index contributed by atoms with van der Waals surface area (Å²) in [5.74, 6) is -0.424. The van der Waals surface area contributed by atoms with Gasteiger partial charge in [0.2, 0.25) is 0 Å². The number of rotatable bonds is 2. The molecule has 1 rings (SSSR count). The number of amides is 1. The summed E-state index contributed by atoms with van der Waals surface area (Å²) in [5, 5.41) is 11.9. The number of carbonyl (C=O) groups is 1. The zero-order valence-electron chi connectivity index (χ0n) is 7.66. The maximum atomic E-state index is 11.3. The first-order chi connectivity index (χ1) is 6.00. The zero-order chi connectivity index (χ0) is 9.90. The van der Waals surface area contributed by atoms with Gasteiger partial charge in [0.1, 0.15) is 5.60 Å². The predicted molar refractivity (Wildman–Crippen MR) is 50.2 cm³/mol. The SMILES string of the molecule is CC(C)(O)C(=O)Nc1c[c]ccc1. The molecule has 2 N–H and O–H groups in total. The predicted octanol–water partition coefficient (Wildman–Crippen LogP) is 1.20. The second-order valence-electron chi connectivity index (χ2n) is 3.31. The van der Waals surface area contributed by atoms with Crippen molar-refractivity contribution < 1.29 is 9.90 Å². The molecule has 0 atom stereocenters. The summed E-state index contributed by atoms with van der Waals surface area (Å²) < 4.78 is 0. The molecule has 0 saturated heterocycles. The maximum absolute atomic E-state index is 11.3.